The molecule has 2 heteroatoms. The SMILES string of the molecule is Cc1cccc(C2C(CN)CCN2C2CC2)c1. The minimum atomic E-state index is 0.576. The van der Waals surface area contributed by atoms with Crippen LogP contribution >= 0.6 is 0 Å². The van der Waals surface area contributed by atoms with Gasteiger partial charge in [0.2, 0.25) is 0 Å². The van der Waals surface area contributed by atoms with Gasteiger partial charge in [0.1, 0.15) is 0 Å². The maximum atomic E-state index is 5.96. The molecule has 2 nitrogen and oxygen atoms in total. The van der Waals surface area contributed by atoms with E-state index < -0.39 is 0 Å². The standard InChI is InChI=1S/C15H22N2/c1-11-3-2-4-12(9-11)15-13(10-16)7-8-17(15)14-5-6-14/h2-4,9,13-15H,5-8,10,16H2,1H3. The first-order chi connectivity index (χ1) is 8.29. The van der Waals surface area contributed by atoms with Crippen molar-refractivity contribution in [2.24, 2.45) is 11.7 Å². The van der Waals surface area contributed by atoms with Gasteiger partial charge in [0, 0.05) is 12.1 Å². The Morgan fingerprint density at radius 3 is 2.76 bits per heavy atom. The molecule has 2 atom stereocenters. The van der Waals surface area contributed by atoms with Crippen molar-refractivity contribution in [3.05, 3.63) is 35.4 Å². The molecule has 0 spiro atoms. The number of benzene rings is 1. The first-order valence-electron chi connectivity index (χ1n) is 6.82. The Bertz CT molecular complexity index is 398. The molecule has 0 amide bonds. The summed E-state index contributed by atoms with van der Waals surface area (Å²) in [5.41, 5.74) is 8.79. The van der Waals surface area contributed by atoms with Gasteiger partial charge >= 0.3 is 0 Å². The average molecular weight is 230 g/mol. The van der Waals surface area contributed by atoms with Crippen LogP contribution in [0.3, 0.4) is 0 Å². The maximum absolute atomic E-state index is 5.96. The molecular weight excluding hydrogens is 208 g/mol. The summed E-state index contributed by atoms with van der Waals surface area (Å²) in [5.74, 6) is 0.650. The lowest BCUT2D eigenvalue weighted by atomic mass is 9.93. The summed E-state index contributed by atoms with van der Waals surface area (Å²) >= 11 is 0. The highest BCUT2D eigenvalue weighted by Gasteiger charge is 2.41. The van der Waals surface area contributed by atoms with Crippen LogP contribution in [0.4, 0.5) is 0 Å². The second-order valence-electron chi connectivity index (χ2n) is 5.61. The predicted molar refractivity (Wildman–Crippen MR) is 70.8 cm³/mol. The number of likely N-dealkylation sites (tertiary alicyclic amines) is 1. The van der Waals surface area contributed by atoms with Crippen LogP contribution in [0.2, 0.25) is 0 Å². The summed E-state index contributed by atoms with van der Waals surface area (Å²) in [6.45, 7) is 4.24. The number of hydrogen-bond donors (Lipinski definition) is 1. The molecule has 1 aromatic carbocycles. The molecule has 2 aliphatic rings. The summed E-state index contributed by atoms with van der Waals surface area (Å²) in [6.07, 6.45) is 4.05. The van der Waals surface area contributed by atoms with Crippen LogP contribution in [-0.2, 0) is 0 Å². The maximum Gasteiger partial charge on any atom is 0.0391 e. The molecule has 2 fully saturated rings. The lowest BCUT2D eigenvalue weighted by Crippen LogP contribution is -2.29. The van der Waals surface area contributed by atoms with E-state index in [0.717, 1.165) is 12.6 Å². The van der Waals surface area contributed by atoms with Crippen molar-refractivity contribution in [3.8, 4) is 0 Å². The van der Waals surface area contributed by atoms with Gasteiger partial charge in [-0.15, -0.1) is 0 Å². The van der Waals surface area contributed by atoms with Gasteiger partial charge in [-0.25, -0.2) is 0 Å². The first-order valence-corrected chi connectivity index (χ1v) is 6.82. The van der Waals surface area contributed by atoms with Crippen molar-refractivity contribution >= 4 is 0 Å². The molecule has 1 aliphatic heterocycles. The number of nitrogens with two attached hydrogens (primary N) is 1. The quantitative estimate of drug-likeness (QED) is 0.864. The topological polar surface area (TPSA) is 29.3 Å². The third-order valence-electron chi connectivity index (χ3n) is 4.26. The summed E-state index contributed by atoms with van der Waals surface area (Å²) in [4.78, 5) is 2.70. The lowest BCUT2D eigenvalue weighted by Gasteiger charge is -2.28. The fourth-order valence-corrected chi connectivity index (χ4v) is 3.26. The Kier molecular flexibility index (Phi) is 2.93. The second-order valence-corrected chi connectivity index (χ2v) is 5.61. The van der Waals surface area contributed by atoms with E-state index in [1.165, 1.54) is 36.9 Å². The number of rotatable bonds is 3. The largest absolute Gasteiger partial charge is 0.330 e. The number of nitrogens with zero attached hydrogens (tertiary/aromatic N) is 1. The molecule has 1 aliphatic carbocycles. The van der Waals surface area contributed by atoms with E-state index in [4.69, 9.17) is 5.73 Å². The Hall–Kier alpha value is -0.860. The molecule has 0 radical (unpaired) electrons. The van der Waals surface area contributed by atoms with Crippen LogP contribution in [-0.4, -0.2) is 24.0 Å². The van der Waals surface area contributed by atoms with Crippen LogP contribution in [0.25, 0.3) is 0 Å². The minimum Gasteiger partial charge on any atom is -0.330 e. The zero-order valence-electron chi connectivity index (χ0n) is 10.6. The van der Waals surface area contributed by atoms with Gasteiger partial charge in [-0.3, -0.25) is 4.90 Å². The highest BCUT2D eigenvalue weighted by Crippen LogP contribution is 2.43. The fraction of sp³-hybridized carbons (Fsp3) is 0.600. The monoisotopic (exact) mass is 230 g/mol. The Morgan fingerprint density at radius 1 is 1.29 bits per heavy atom. The Morgan fingerprint density at radius 2 is 2.12 bits per heavy atom. The summed E-state index contributed by atoms with van der Waals surface area (Å²) in [6, 6.07) is 10.4. The van der Waals surface area contributed by atoms with E-state index >= 15 is 0 Å². The van der Waals surface area contributed by atoms with Gasteiger partial charge in [0.25, 0.3) is 0 Å². The van der Waals surface area contributed by atoms with E-state index in [-0.39, 0.29) is 0 Å². The highest BCUT2D eigenvalue weighted by atomic mass is 15.2. The Labute approximate surface area is 104 Å². The molecule has 17 heavy (non-hydrogen) atoms. The van der Waals surface area contributed by atoms with Crippen LogP contribution in [0.15, 0.2) is 24.3 Å². The summed E-state index contributed by atoms with van der Waals surface area (Å²) in [7, 11) is 0. The first kappa shape index (κ1) is 11.2. The summed E-state index contributed by atoms with van der Waals surface area (Å²) in [5, 5.41) is 0. The molecule has 0 bridgehead atoms. The van der Waals surface area contributed by atoms with Crippen molar-refractivity contribution in [2.75, 3.05) is 13.1 Å². The van der Waals surface area contributed by atoms with Gasteiger partial charge in [-0.05, 0) is 50.8 Å². The molecule has 0 aromatic heterocycles. The van der Waals surface area contributed by atoms with E-state index in [2.05, 4.69) is 36.1 Å². The van der Waals surface area contributed by atoms with Gasteiger partial charge in [0.15, 0.2) is 0 Å². The number of hydrogen-bond acceptors (Lipinski definition) is 2. The van der Waals surface area contributed by atoms with Crippen molar-refractivity contribution < 1.29 is 0 Å². The molecular formula is C15H22N2. The van der Waals surface area contributed by atoms with Gasteiger partial charge in [0.05, 0.1) is 0 Å². The number of aryl methyl sites for hydroxylation is 1. The molecule has 1 aromatic rings. The van der Waals surface area contributed by atoms with Crippen molar-refractivity contribution in [3.63, 3.8) is 0 Å². The average Bonchev–Trinajstić information content (AvgIpc) is 3.08. The second kappa shape index (κ2) is 4.43. The van der Waals surface area contributed by atoms with Gasteiger partial charge < -0.3 is 5.73 Å². The van der Waals surface area contributed by atoms with Gasteiger partial charge in [-0.2, -0.15) is 0 Å². The zero-order chi connectivity index (χ0) is 11.8. The smallest absolute Gasteiger partial charge is 0.0391 e. The van der Waals surface area contributed by atoms with Crippen LogP contribution in [0.1, 0.15) is 36.4 Å². The molecule has 1 saturated heterocycles. The molecule has 1 saturated carbocycles. The highest BCUT2D eigenvalue weighted by molar-refractivity contribution is 5.27. The van der Waals surface area contributed by atoms with Crippen LogP contribution in [0.5, 0.6) is 0 Å². The molecule has 1 heterocycles. The van der Waals surface area contributed by atoms with Crippen LogP contribution < -0.4 is 5.73 Å². The van der Waals surface area contributed by atoms with E-state index in [0.29, 0.717) is 12.0 Å². The Balaban J connectivity index is 1.90. The third kappa shape index (κ3) is 2.12. The summed E-state index contributed by atoms with van der Waals surface area (Å²) < 4.78 is 0. The van der Waals surface area contributed by atoms with Crippen molar-refractivity contribution in [2.45, 2.75) is 38.3 Å². The van der Waals surface area contributed by atoms with Crippen molar-refractivity contribution in [1.29, 1.82) is 0 Å². The fourth-order valence-electron chi connectivity index (χ4n) is 3.26. The minimum absolute atomic E-state index is 0.576. The third-order valence-corrected chi connectivity index (χ3v) is 4.26. The van der Waals surface area contributed by atoms with E-state index in [9.17, 15) is 0 Å². The molecule has 2 unspecified atom stereocenters. The van der Waals surface area contributed by atoms with Crippen LogP contribution in [0, 0.1) is 12.8 Å². The van der Waals surface area contributed by atoms with E-state index in [1.807, 2.05) is 0 Å². The normalized spacial score (nSPS) is 29.8. The molecule has 2 N–H and O–H groups in total. The zero-order valence-corrected chi connectivity index (χ0v) is 10.6. The predicted octanol–water partition coefficient (Wildman–Crippen LogP) is 2.48. The van der Waals surface area contributed by atoms with Crippen molar-refractivity contribution in [1.82, 2.24) is 4.90 Å². The van der Waals surface area contributed by atoms with Gasteiger partial charge in [-0.1, -0.05) is 29.8 Å². The lowest BCUT2D eigenvalue weighted by molar-refractivity contribution is 0.220. The van der Waals surface area contributed by atoms with E-state index in [1.54, 1.807) is 0 Å². The molecule has 92 valence electrons. The molecule has 3 rings (SSSR count).